The Morgan fingerprint density at radius 2 is 2.35 bits per heavy atom. The van der Waals surface area contributed by atoms with E-state index in [2.05, 4.69) is 34.0 Å². The van der Waals surface area contributed by atoms with Crippen LogP contribution >= 0.6 is 0 Å². The zero-order valence-electron chi connectivity index (χ0n) is 10.8. The molecule has 1 rings (SSSR count). The number of aromatic nitrogens is 3. The molecule has 0 aliphatic heterocycles. The van der Waals surface area contributed by atoms with Gasteiger partial charge in [0.15, 0.2) is 0 Å². The summed E-state index contributed by atoms with van der Waals surface area (Å²) in [5.41, 5.74) is 0. The molecule has 1 atom stereocenters. The van der Waals surface area contributed by atoms with Crippen LogP contribution in [0.5, 0.6) is 0 Å². The molecule has 1 aromatic rings. The molecule has 96 valence electrons. The Hall–Kier alpha value is -1.16. The van der Waals surface area contributed by atoms with E-state index in [1.165, 1.54) is 19.3 Å². The first-order chi connectivity index (χ1) is 8.38. The van der Waals surface area contributed by atoms with Crippen molar-refractivity contribution in [3.8, 4) is 0 Å². The predicted molar refractivity (Wildman–Crippen MR) is 70.7 cm³/mol. The van der Waals surface area contributed by atoms with Gasteiger partial charge in [-0.25, -0.2) is 4.98 Å². The fourth-order valence-electron chi connectivity index (χ4n) is 1.85. The first kappa shape index (κ1) is 13.9. The van der Waals surface area contributed by atoms with Gasteiger partial charge < -0.3 is 5.32 Å². The molecule has 0 spiro atoms. The topological polar surface area (TPSA) is 53.6 Å². The monoisotopic (exact) mass is 236 g/mol. The lowest BCUT2D eigenvalue weighted by molar-refractivity contribution is 0.454. The maximum absolute atomic E-state index is 4.24. The molecule has 0 aromatic carbocycles. The number of nitrogens with one attached hydrogen (secondary N) is 2. The van der Waals surface area contributed by atoms with Crippen LogP contribution in [-0.4, -0.2) is 21.7 Å². The highest BCUT2D eigenvalue weighted by atomic mass is 15.2. The molecule has 1 aromatic heterocycles. The molecule has 17 heavy (non-hydrogen) atoms. The average Bonchev–Trinajstić information content (AvgIpc) is 2.86. The second-order valence-corrected chi connectivity index (χ2v) is 4.30. The van der Waals surface area contributed by atoms with Gasteiger partial charge in [0.2, 0.25) is 0 Å². The lowest BCUT2D eigenvalue weighted by atomic mass is 10.1. The molecule has 4 heteroatoms. The van der Waals surface area contributed by atoms with Crippen LogP contribution in [0.1, 0.15) is 57.3 Å². The highest BCUT2D eigenvalue weighted by Crippen LogP contribution is 2.16. The normalized spacial score (nSPS) is 12.5. The summed E-state index contributed by atoms with van der Waals surface area (Å²) >= 11 is 0. The third kappa shape index (κ3) is 5.63. The molecule has 0 amide bonds. The molecule has 0 bridgehead atoms. The van der Waals surface area contributed by atoms with Gasteiger partial charge in [0, 0.05) is 0 Å². The van der Waals surface area contributed by atoms with Gasteiger partial charge in [0.05, 0.1) is 6.04 Å². The molecule has 0 saturated carbocycles. The van der Waals surface area contributed by atoms with Crippen LogP contribution < -0.4 is 5.32 Å². The number of rotatable bonds is 10. The van der Waals surface area contributed by atoms with E-state index in [1.54, 1.807) is 6.33 Å². The Bertz CT molecular complexity index is 282. The minimum absolute atomic E-state index is 0.321. The van der Waals surface area contributed by atoms with Crippen molar-refractivity contribution in [1.82, 2.24) is 20.5 Å². The Balaban J connectivity index is 2.28. The van der Waals surface area contributed by atoms with Gasteiger partial charge in [-0.2, -0.15) is 5.10 Å². The Kier molecular flexibility index (Phi) is 7.30. The van der Waals surface area contributed by atoms with Crippen LogP contribution in [0, 0.1) is 0 Å². The van der Waals surface area contributed by atoms with Gasteiger partial charge in [-0.1, -0.05) is 25.8 Å². The van der Waals surface area contributed by atoms with E-state index < -0.39 is 0 Å². The number of H-pyrrole nitrogens is 1. The number of nitrogens with zero attached hydrogens (tertiary/aromatic N) is 2. The molecule has 0 radical (unpaired) electrons. The van der Waals surface area contributed by atoms with Crippen molar-refractivity contribution in [2.75, 3.05) is 6.54 Å². The number of allylic oxidation sites excluding steroid dienone is 1. The van der Waals surface area contributed by atoms with E-state index in [1.807, 2.05) is 6.08 Å². The van der Waals surface area contributed by atoms with E-state index >= 15 is 0 Å². The van der Waals surface area contributed by atoms with E-state index in [0.29, 0.717) is 6.04 Å². The predicted octanol–water partition coefficient (Wildman–Crippen LogP) is 2.98. The minimum atomic E-state index is 0.321. The third-order valence-electron chi connectivity index (χ3n) is 2.81. The highest BCUT2D eigenvalue weighted by Gasteiger charge is 2.12. The Morgan fingerprint density at radius 1 is 1.47 bits per heavy atom. The molecule has 0 aliphatic rings. The largest absolute Gasteiger partial charge is 0.307 e. The maximum Gasteiger partial charge on any atom is 0.141 e. The summed E-state index contributed by atoms with van der Waals surface area (Å²) < 4.78 is 0. The second kappa shape index (κ2) is 8.93. The number of unbranched alkanes of at least 4 members (excludes halogenated alkanes) is 3. The smallest absolute Gasteiger partial charge is 0.141 e. The summed E-state index contributed by atoms with van der Waals surface area (Å²) in [6, 6.07) is 0.321. The van der Waals surface area contributed by atoms with Crippen molar-refractivity contribution in [1.29, 1.82) is 0 Å². The number of hydrogen-bond acceptors (Lipinski definition) is 3. The maximum atomic E-state index is 4.24. The molecule has 0 aliphatic carbocycles. The van der Waals surface area contributed by atoms with Gasteiger partial charge in [0.25, 0.3) is 0 Å². The van der Waals surface area contributed by atoms with Crippen molar-refractivity contribution < 1.29 is 0 Å². The summed E-state index contributed by atoms with van der Waals surface area (Å²) in [5, 5.41) is 10.4. The fraction of sp³-hybridized carbons (Fsp3) is 0.692. The first-order valence-electron chi connectivity index (χ1n) is 6.58. The van der Waals surface area contributed by atoms with E-state index in [4.69, 9.17) is 0 Å². The Labute approximate surface area is 104 Å². The summed E-state index contributed by atoms with van der Waals surface area (Å²) in [4.78, 5) is 4.24. The molecule has 4 nitrogen and oxygen atoms in total. The van der Waals surface area contributed by atoms with Crippen molar-refractivity contribution in [3.63, 3.8) is 0 Å². The quantitative estimate of drug-likeness (QED) is 0.485. The first-order valence-corrected chi connectivity index (χ1v) is 6.58. The summed E-state index contributed by atoms with van der Waals surface area (Å²) in [6.45, 7) is 6.94. The molecule has 0 fully saturated rings. The van der Waals surface area contributed by atoms with Crippen molar-refractivity contribution in [3.05, 3.63) is 24.8 Å². The van der Waals surface area contributed by atoms with Gasteiger partial charge in [-0.15, -0.1) is 6.58 Å². The van der Waals surface area contributed by atoms with Gasteiger partial charge in [-0.3, -0.25) is 5.10 Å². The van der Waals surface area contributed by atoms with E-state index in [9.17, 15) is 0 Å². The van der Waals surface area contributed by atoms with Gasteiger partial charge in [-0.05, 0) is 32.2 Å². The van der Waals surface area contributed by atoms with Crippen molar-refractivity contribution in [2.45, 2.75) is 51.5 Å². The molecule has 1 unspecified atom stereocenters. The molecule has 2 N–H and O–H groups in total. The van der Waals surface area contributed by atoms with Gasteiger partial charge in [0.1, 0.15) is 12.2 Å². The minimum Gasteiger partial charge on any atom is -0.307 e. The second-order valence-electron chi connectivity index (χ2n) is 4.30. The molecular weight excluding hydrogens is 212 g/mol. The van der Waals surface area contributed by atoms with E-state index in [0.717, 1.165) is 31.6 Å². The van der Waals surface area contributed by atoms with Crippen molar-refractivity contribution in [2.24, 2.45) is 0 Å². The van der Waals surface area contributed by atoms with Crippen LogP contribution in [0.15, 0.2) is 19.0 Å². The summed E-state index contributed by atoms with van der Waals surface area (Å²) in [7, 11) is 0. The zero-order valence-corrected chi connectivity index (χ0v) is 10.8. The molecular formula is C13H24N4. The standard InChI is InChI=1S/C13H24N4/c1-3-5-6-7-8-9-12(14-10-4-2)13-15-11-16-17-13/h3,11-12,14H,1,4-10H2,2H3,(H,15,16,17). The molecule has 0 saturated heterocycles. The van der Waals surface area contributed by atoms with Crippen LogP contribution in [0.25, 0.3) is 0 Å². The number of hydrogen-bond donors (Lipinski definition) is 2. The third-order valence-corrected chi connectivity index (χ3v) is 2.81. The zero-order chi connectivity index (χ0) is 12.3. The van der Waals surface area contributed by atoms with Crippen LogP contribution in [0.2, 0.25) is 0 Å². The van der Waals surface area contributed by atoms with Gasteiger partial charge >= 0.3 is 0 Å². The lowest BCUT2D eigenvalue weighted by Crippen LogP contribution is -2.23. The van der Waals surface area contributed by atoms with Crippen LogP contribution in [0.4, 0.5) is 0 Å². The fourth-order valence-corrected chi connectivity index (χ4v) is 1.85. The highest BCUT2D eigenvalue weighted by molar-refractivity contribution is 4.91. The van der Waals surface area contributed by atoms with Crippen molar-refractivity contribution >= 4 is 0 Å². The van der Waals surface area contributed by atoms with Crippen LogP contribution in [0.3, 0.4) is 0 Å². The SMILES string of the molecule is C=CCCCCCC(NCCC)c1ncn[nH]1. The average molecular weight is 236 g/mol. The lowest BCUT2D eigenvalue weighted by Gasteiger charge is -2.15. The summed E-state index contributed by atoms with van der Waals surface area (Å²) in [5.74, 6) is 0.960. The Morgan fingerprint density at radius 3 is 3.00 bits per heavy atom. The van der Waals surface area contributed by atoms with Crippen LogP contribution in [-0.2, 0) is 0 Å². The van der Waals surface area contributed by atoms with E-state index in [-0.39, 0.29) is 0 Å². The summed E-state index contributed by atoms with van der Waals surface area (Å²) in [6.07, 6.45) is 10.7. The number of aromatic amines is 1. The molecule has 1 heterocycles.